The first kappa shape index (κ1) is 11.2. The highest BCUT2D eigenvalue weighted by Gasteiger charge is 1.95. The van der Waals surface area contributed by atoms with Crippen molar-refractivity contribution in [3.8, 4) is 0 Å². The maximum Gasteiger partial charge on any atom is 0.0489 e. The molecule has 0 aromatic carbocycles. The third-order valence-electron chi connectivity index (χ3n) is 0.883. The van der Waals surface area contributed by atoms with Gasteiger partial charge in [-0.1, -0.05) is 27.7 Å². The van der Waals surface area contributed by atoms with E-state index in [4.69, 9.17) is 0 Å². The van der Waals surface area contributed by atoms with Crippen molar-refractivity contribution in [1.29, 1.82) is 0 Å². The Hall–Kier alpha value is -0.790. The molecular formula is C10H20N2. The Kier molecular flexibility index (Phi) is 4.64. The van der Waals surface area contributed by atoms with Crippen LogP contribution in [0, 0.1) is 5.41 Å². The van der Waals surface area contributed by atoms with Gasteiger partial charge in [-0.3, -0.25) is 4.68 Å². The zero-order chi connectivity index (χ0) is 9.61. The van der Waals surface area contributed by atoms with Crippen molar-refractivity contribution in [2.24, 2.45) is 5.41 Å². The van der Waals surface area contributed by atoms with Gasteiger partial charge in [0.05, 0.1) is 0 Å². The van der Waals surface area contributed by atoms with Crippen LogP contribution in [0.3, 0.4) is 0 Å². The summed E-state index contributed by atoms with van der Waals surface area (Å²) in [7, 11) is 0. The van der Waals surface area contributed by atoms with Crippen LogP contribution in [-0.2, 0) is 6.54 Å². The van der Waals surface area contributed by atoms with Gasteiger partial charge in [-0.2, -0.15) is 5.10 Å². The van der Waals surface area contributed by atoms with Gasteiger partial charge in [0, 0.05) is 18.9 Å². The van der Waals surface area contributed by atoms with Crippen LogP contribution in [0.1, 0.15) is 34.6 Å². The fourth-order valence-electron chi connectivity index (χ4n) is 0.488. The van der Waals surface area contributed by atoms with Crippen LogP contribution >= 0.6 is 0 Å². The van der Waals surface area contributed by atoms with Crippen molar-refractivity contribution in [3.05, 3.63) is 18.5 Å². The van der Waals surface area contributed by atoms with Crippen LogP contribution in [0.2, 0.25) is 0 Å². The zero-order valence-corrected chi connectivity index (χ0v) is 8.83. The van der Waals surface area contributed by atoms with E-state index >= 15 is 0 Å². The third kappa shape index (κ3) is 9.21. The second-order valence-corrected chi connectivity index (χ2v) is 4.36. The van der Waals surface area contributed by atoms with Crippen LogP contribution in [0.15, 0.2) is 18.5 Å². The van der Waals surface area contributed by atoms with Crippen LogP contribution in [0.25, 0.3) is 0 Å². The largest absolute Gasteiger partial charge is 0.273 e. The quantitative estimate of drug-likeness (QED) is 0.630. The molecule has 2 heteroatoms. The van der Waals surface area contributed by atoms with Gasteiger partial charge in [-0.05, 0) is 18.4 Å². The fourth-order valence-corrected chi connectivity index (χ4v) is 0.488. The summed E-state index contributed by atoms with van der Waals surface area (Å²) in [5, 5.41) is 3.95. The van der Waals surface area contributed by atoms with Gasteiger partial charge in [0.1, 0.15) is 0 Å². The van der Waals surface area contributed by atoms with E-state index in [-0.39, 0.29) is 0 Å². The number of rotatable bonds is 1. The van der Waals surface area contributed by atoms with E-state index in [9.17, 15) is 0 Å². The molecule has 0 unspecified atom stereocenters. The minimum Gasteiger partial charge on any atom is -0.273 e. The van der Waals surface area contributed by atoms with E-state index in [1.807, 2.05) is 16.9 Å². The molecule has 0 saturated carbocycles. The standard InChI is InChI=1S/C5H8N2.C5H12/c1-2-7-5-3-4-6-7;1-5(2,3)4/h3-5H,2H2,1H3;1-4H3. The molecule has 0 saturated heterocycles. The molecule has 12 heavy (non-hydrogen) atoms. The lowest BCUT2D eigenvalue weighted by Crippen LogP contribution is -1.93. The van der Waals surface area contributed by atoms with Crippen molar-refractivity contribution in [2.45, 2.75) is 41.2 Å². The van der Waals surface area contributed by atoms with E-state index in [1.54, 1.807) is 6.20 Å². The highest BCUT2D eigenvalue weighted by Crippen LogP contribution is 2.08. The number of aromatic nitrogens is 2. The Balaban J connectivity index is 0.000000217. The van der Waals surface area contributed by atoms with Crippen molar-refractivity contribution in [3.63, 3.8) is 0 Å². The van der Waals surface area contributed by atoms with Crippen molar-refractivity contribution < 1.29 is 0 Å². The van der Waals surface area contributed by atoms with Crippen molar-refractivity contribution in [1.82, 2.24) is 9.78 Å². The highest BCUT2D eigenvalue weighted by molar-refractivity contribution is 4.76. The molecule has 0 radical (unpaired) electrons. The first-order valence-electron chi connectivity index (χ1n) is 4.41. The van der Waals surface area contributed by atoms with Gasteiger partial charge in [0.15, 0.2) is 0 Å². The molecule has 0 spiro atoms. The van der Waals surface area contributed by atoms with E-state index in [0.717, 1.165) is 6.54 Å². The first-order chi connectivity index (χ1) is 5.43. The van der Waals surface area contributed by atoms with Gasteiger partial charge in [-0.25, -0.2) is 0 Å². The lowest BCUT2D eigenvalue weighted by Gasteiger charge is -2.05. The van der Waals surface area contributed by atoms with Gasteiger partial charge in [0.2, 0.25) is 0 Å². The summed E-state index contributed by atoms with van der Waals surface area (Å²) in [6.07, 6.45) is 3.73. The molecule has 0 aliphatic rings. The summed E-state index contributed by atoms with van der Waals surface area (Å²) < 4.78 is 1.88. The second kappa shape index (κ2) is 4.96. The number of nitrogens with zero attached hydrogens (tertiary/aromatic N) is 2. The molecule has 1 aromatic heterocycles. The molecule has 1 heterocycles. The molecule has 1 rings (SSSR count). The fraction of sp³-hybridized carbons (Fsp3) is 0.700. The number of hydrogen-bond acceptors (Lipinski definition) is 1. The molecule has 0 fully saturated rings. The van der Waals surface area contributed by atoms with E-state index in [2.05, 4.69) is 39.7 Å². The number of hydrogen-bond donors (Lipinski definition) is 0. The first-order valence-corrected chi connectivity index (χ1v) is 4.41. The summed E-state index contributed by atoms with van der Waals surface area (Å²) in [6.45, 7) is 11.8. The molecule has 2 nitrogen and oxygen atoms in total. The summed E-state index contributed by atoms with van der Waals surface area (Å²) in [5.74, 6) is 0. The normalized spacial score (nSPS) is 10.4. The maximum absolute atomic E-state index is 3.95. The van der Waals surface area contributed by atoms with Crippen LogP contribution in [-0.4, -0.2) is 9.78 Å². The predicted molar refractivity (Wildman–Crippen MR) is 53.0 cm³/mol. The smallest absolute Gasteiger partial charge is 0.0489 e. The lowest BCUT2D eigenvalue weighted by molar-refractivity contribution is 0.469. The second-order valence-electron chi connectivity index (χ2n) is 4.36. The average molecular weight is 168 g/mol. The van der Waals surface area contributed by atoms with Gasteiger partial charge in [-0.15, -0.1) is 0 Å². The van der Waals surface area contributed by atoms with E-state index in [0.29, 0.717) is 5.41 Å². The van der Waals surface area contributed by atoms with E-state index < -0.39 is 0 Å². The molecule has 0 amide bonds. The average Bonchev–Trinajstić information content (AvgIpc) is 2.33. The zero-order valence-electron chi connectivity index (χ0n) is 8.83. The minimum atomic E-state index is 0.500. The van der Waals surface area contributed by atoms with Crippen LogP contribution in [0.5, 0.6) is 0 Å². The molecule has 0 N–H and O–H groups in total. The van der Waals surface area contributed by atoms with E-state index in [1.165, 1.54) is 0 Å². The summed E-state index contributed by atoms with van der Waals surface area (Å²) in [5.41, 5.74) is 0.500. The Morgan fingerprint density at radius 3 is 1.92 bits per heavy atom. The molecule has 0 atom stereocenters. The Morgan fingerprint density at radius 1 is 1.25 bits per heavy atom. The SMILES string of the molecule is CC(C)(C)C.CCn1cccn1. The molecule has 0 bridgehead atoms. The Labute approximate surface area is 75.6 Å². The minimum absolute atomic E-state index is 0.500. The predicted octanol–water partition coefficient (Wildman–Crippen LogP) is 2.96. The highest BCUT2D eigenvalue weighted by atomic mass is 15.2. The van der Waals surface area contributed by atoms with Crippen LogP contribution in [0.4, 0.5) is 0 Å². The van der Waals surface area contributed by atoms with Gasteiger partial charge < -0.3 is 0 Å². The third-order valence-corrected chi connectivity index (χ3v) is 0.883. The topological polar surface area (TPSA) is 17.8 Å². The summed E-state index contributed by atoms with van der Waals surface area (Å²) in [6, 6.07) is 1.92. The molecule has 1 aromatic rings. The molecular weight excluding hydrogens is 148 g/mol. The van der Waals surface area contributed by atoms with Gasteiger partial charge >= 0.3 is 0 Å². The van der Waals surface area contributed by atoms with Crippen molar-refractivity contribution >= 4 is 0 Å². The van der Waals surface area contributed by atoms with Gasteiger partial charge in [0.25, 0.3) is 0 Å². The monoisotopic (exact) mass is 168 g/mol. The summed E-state index contributed by atoms with van der Waals surface area (Å²) >= 11 is 0. The maximum atomic E-state index is 3.95. The Bertz CT molecular complexity index is 176. The lowest BCUT2D eigenvalue weighted by atomic mass is 10.0. The molecule has 0 aliphatic heterocycles. The van der Waals surface area contributed by atoms with Crippen molar-refractivity contribution in [2.75, 3.05) is 0 Å². The van der Waals surface area contributed by atoms with Crippen LogP contribution < -0.4 is 0 Å². The summed E-state index contributed by atoms with van der Waals surface area (Å²) in [4.78, 5) is 0. The number of aryl methyl sites for hydroxylation is 1. The molecule has 70 valence electrons. The Morgan fingerprint density at radius 2 is 1.75 bits per heavy atom. The molecule has 0 aliphatic carbocycles.